The summed E-state index contributed by atoms with van der Waals surface area (Å²) < 4.78 is 7.18. The van der Waals surface area contributed by atoms with Crippen molar-refractivity contribution in [3.63, 3.8) is 0 Å². The first-order valence-electron chi connectivity index (χ1n) is 14.8. The molecule has 11 heteroatoms. The summed E-state index contributed by atoms with van der Waals surface area (Å²) in [5.74, 6) is 1.32. The van der Waals surface area contributed by atoms with Gasteiger partial charge in [-0.1, -0.05) is 19.9 Å². The molecule has 0 spiro atoms. The molecular formula is C31H40N8O2S. The molecule has 2 aliphatic rings. The number of rotatable bonds is 10. The molecule has 0 saturated carbocycles. The van der Waals surface area contributed by atoms with Crippen LogP contribution < -0.4 is 10.6 Å². The maximum absolute atomic E-state index is 13.8. The highest BCUT2D eigenvalue weighted by Crippen LogP contribution is 2.30. The van der Waals surface area contributed by atoms with Crippen LogP contribution in [0.4, 0.5) is 5.82 Å². The molecular weight excluding hydrogens is 548 g/mol. The largest absolute Gasteiger partial charge is 0.378 e. The second kappa shape index (κ2) is 12.5. The van der Waals surface area contributed by atoms with Crippen molar-refractivity contribution < 1.29 is 9.53 Å². The van der Waals surface area contributed by atoms with Crippen LogP contribution in [0.1, 0.15) is 37.0 Å². The van der Waals surface area contributed by atoms with E-state index in [1.54, 1.807) is 26.9 Å². The van der Waals surface area contributed by atoms with Gasteiger partial charge in [0.1, 0.15) is 5.82 Å². The Morgan fingerprint density at radius 3 is 2.62 bits per heavy atom. The average Bonchev–Trinajstić information content (AvgIpc) is 3.65. The van der Waals surface area contributed by atoms with Gasteiger partial charge in [-0.05, 0) is 48.4 Å². The van der Waals surface area contributed by atoms with Crippen molar-refractivity contribution in [1.82, 2.24) is 29.4 Å². The zero-order valence-corrected chi connectivity index (χ0v) is 25.5. The summed E-state index contributed by atoms with van der Waals surface area (Å²) in [4.78, 5) is 31.4. The molecule has 42 heavy (non-hydrogen) atoms. The van der Waals surface area contributed by atoms with Crippen molar-refractivity contribution >= 4 is 28.7 Å². The lowest BCUT2D eigenvalue weighted by Crippen LogP contribution is -2.56. The lowest BCUT2D eigenvalue weighted by atomic mass is 10.0. The molecule has 2 N–H and O–H groups in total. The number of likely N-dealkylation sites (N-methyl/N-ethyl adjacent to an activating group) is 1. The minimum absolute atomic E-state index is 0.0612. The normalized spacial score (nSPS) is 17.1. The Balaban J connectivity index is 1.32. The molecule has 2 fully saturated rings. The van der Waals surface area contributed by atoms with E-state index in [4.69, 9.17) is 20.4 Å². The first-order valence-corrected chi connectivity index (χ1v) is 15.7. The fraction of sp³-hybridized carbons (Fsp3) is 0.484. The summed E-state index contributed by atoms with van der Waals surface area (Å²) >= 11 is 1.65. The number of thiophene rings is 1. The molecule has 0 aromatic carbocycles. The van der Waals surface area contributed by atoms with Crippen LogP contribution >= 0.6 is 11.3 Å². The number of pyridine rings is 1. The Morgan fingerprint density at radius 2 is 1.93 bits per heavy atom. The molecule has 222 valence electrons. The zero-order chi connectivity index (χ0) is 29.2. The first-order chi connectivity index (χ1) is 20.4. The van der Waals surface area contributed by atoms with Crippen LogP contribution in [-0.4, -0.2) is 100 Å². The lowest BCUT2D eigenvalue weighted by molar-refractivity contribution is -0.0660. The molecule has 0 radical (unpaired) electrons. The van der Waals surface area contributed by atoms with Crippen LogP contribution in [0, 0.1) is 5.92 Å². The van der Waals surface area contributed by atoms with Crippen LogP contribution in [0.25, 0.3) is 27.5 Å². The molecule has 4 aromatic heterocycles. The molecule has 6 heterocycles. The summed E-state index contributed by atoms with van der Waals surface area (Å²) in [5.41, 5.74) is 10.1. The van der Waals surface area contributed by atoms with Gasteiger partial charge in [0.15, 0.2) is 5.65 Å². The van der Waals surface area contributed by atoms with Crippen molar-refractivity contribution in [2.75, 3.05) is 57.9 Å². The molecule has 2 saturated heterocycles. The average molecular weight is 589 g/mol. The Hall–Kier alpha value is -3.38. The van der Waals surface area contributed by atoms with Gasteiger partial charge in [0.25, 0.3) is 5.91 Å². The van der Waals surface area contributed by atoms with Crippen molar-refractivity contribution in [3.05, 3.63) is 53.7 Å². The number of amides is 1. The van der Waals surface area contributed by atoms with E-state index in [2.05, 4.69) is 34.8 Å². The third-order valence-corrected chi connectivity index (χ3v) is 9.11. The van der Waals surface area contributed by atoms with E-state index >= 15 is 0 Å². The summed E-state index contributed by atoms with van der Waals surface area (Å²) in [6, 6.07) is 10.3. The lowest BCUT2D eigenvalue weighted by Gasteiger charge is -2.43. The van der Waals surface area contributed by atoms with Gasteiger partial charge >= 0.3 is 0 Å². The maximum Gasteiger partial charge on any atom is 0.253 e. The molecule has 1 atom stereocenters. The highest BCUT2D eigenvalue weighted by molar-refractivity contribution is 7.13. The van der Waals surface area contributed by atoms with Gasteiger partial charge in [-0.3, -0.25) is 9.69 Å². The predicted molar refractivity (Wildman–Crippen MR) is 167 cm³/mol. The van der Waals surface area contributed by atoms with E-state index in [1.807, 2.05) is 42.9 Å². The minimum Gasteiger partial charge on any atom is -0.378 e. The SMILES string of the molecule is CC(C)CCC(N)CN(C)C(=O)c1cc(-c2cnn3ccc(-c4cccs4)nc23)nc(N2CCN(C3COC3)CC2)c1. The van der Waals surface area contributed by atoms with Gasteiger partial charge in [0.2, 0.25) is 0 Å². The molecule has 0 bridgehead atoms. The number of nitrogens with two attached hydrogens (primary N) is 1. The van der Waals surface area contributed by atoms with Crippen molar-refractivity contribution in [2.45, 2.75) is 38.8 Å². The summed E-state index contributed by atoms with van der Waals surface area (Å²) in [5, 5.41) is 6.61. The summed E-state index contributed by atoms with van der Waals surface area (Å²) in [7, 11) is 1.83. The molecule has 1 amide bonds. The number of hydrogen-bond donors (Lipinski definition) is 1. The van der Waals surface area contributed by atoms with E-state index in [9.17, 15) is 4.79 Å². The summed E-state index contributed by atoms with van der Waals surface area (Å²) in [6.07, 6.45) is 5.65. The Labute approximate surface area is 251 Å². The van der Waals surface area contributed by atoms with E-state index in [0.29, 0.717) is 35.4 Å². The Kier molecular flexibility index (Phi) is 8.53. The fourth-order valence-corrected chi connectivity index (χ4v) is 6.29. The number of carbonyl (C=O) groups excluding carboxylic acids is 1. The highest BCUT2D eigenvalue weighted by atomic mass is 32.1. The van der Waals surface area contributed by atoms with Crippen LogP contribution in [0.5, 0.6) is 0 Å². The van der Waals surface area contributed by atoms with E-state index in [0.717, 1.165) is 74.2 Å². The monoisotopic (exact) mass is 588 g/mol. The number of anilines is 1. The Morgan fingerprint density at radius 1 is 1.12 bits per heavy atom. The maximum atomic E-state index is 13.8. The quantitative estimate of drug-likeness (QED) is 0.298. The van der Waals surface area contributed by atoms with E-state index in [-0.39, 0.29) is 11.9 Å². The number of carbonyl (C=O) groups is 1. The number of piperazine rings is 1. The topological polar surface area (TPSA) is 105 Å². The zero-order valence-electron chi connectivity index (χ0n) is 24.6. The van der Waals surface area contributed by atoms with Gasteiger partial charge in [-0.2, -0.15) is 5.10 Å². The van der Waals surface area contributed by atoms with E-state index < -0.39 is 0 Å². The second-order valence-corrected chi connectivity index (χ2v) is 12.8. The minimum atomic E-state index is -0.0646. The molecule has 10 nitrogen and oxygen atoms in total. The van der Waals surface area contributed by atoms with Gasteiger partial charge in [0.05, 0.1) is 47.3 Å². The molecule has 0 aliphatic carbocycles. The fourth-order valence-electron chi connectivity index (χ4n) is 5.59. The van der Waals surface area contributed by atoms with Crippen LogP contribution in [-0.2, 0) is 4.74 Å². The predicted octanol–water partition coefficient (Wildman–Crippen LogP) is 3.88. The number of ether oxygens (including phenoxy) is 1. The third-order valence-electron chi connectivity index (χ3n) is 8.22. The smallest absolute Gasteiger partial charge is 0.253 e. The molecule has 1 unspecified atom stereocenters. The number of fused-ring (bicyclic) bond motifs is 1. The van der Waals surface area contributed by atoms with Gasteiger partial charge in [-0.15, -0.1) is 11.3 Å². The van der Waals surface area contributed by atoms with Gasteiger partial charge in [0, 0.05) is 57.6 Å². The van der Waals surface area contributed by atoms with Crippen LogP contribution in [0.2, 0.25) is 0 Å². The number of hydrogen-bond acceptors (Lipinski definition) is 9. The highest BCUT2D eigenvalue weighted by Gasteiger charge is 2.30. The Bertz CT molecular complexity index is 1510. The van der Waals surface area contributed by atoms with Crippen molar-refractivity contribution in [2.24, 2.45) is 11.7 Å². The summed E-state index contributed by atoms with van der Waals surface area (Å²) in [6.45, 7) is 10.1. The molecule has 2 aliphatic heterocycles. The molecule has 4 aromatic rings. The number of nitrogens with zero attached hydrogens (tertiary/aromatic N) is 7. The standard InChI is InChI=1S/C31H40N8O2S/c1-21(2)6-7-23(32)18-36(3)31(40)22-15-27(34-29(16-22)38-12-10-37(11-13-38)24-19-41-20-24)25-17-33-39-9-8-26(35-30(25)39)28-5-4-14-42-28/h4-5,8-9,14-17,21,23-24H,6-7,10-13,18-20,32H2,1-3H3. The first kappa shape index (κ1) is 28.7. The van der Waals surface area contributed by atoms with Gasteiger partial charge in [-0.25, -0.2) is 14.5 Å². The number of aromatic nitrogens is 4. The van der Waals surface area contributed by atoms with Crippen molar-refractivity contribution in [3.8, 4) is 21.8 Å². The van der Waals surface area contributed by atoms with Gasteiger partial charge < -0.3 is 20.3 Å². The van der Waals surface area contributed by atoms with Crippen LogP contribution in [0.15, 0.2) is 48.1 Å². The molecule has 6 rings (SSSR count). The van der Waals surface area contributed by atoms with E-state index in [1.165, 1.54) is 0 Å². The second-order valence-electron chi connectivity index (χ2n) is 11.8. The van der Waals surface area contributed by atoms with Crippen molar-refractivity contribution in [1.29, 1.82) is 0 Å². The third kappa shape index (κ3) is 6.19. The van der Waals surface area contributed by atoms with Crippen LogP contribution in [0.3, 0.4) is 0 Å².